The molecular formula is C15H25N5O2. The molecule has 1 fully saturated rings. The molecule has 7 heteroatoms. The predicted octanol–water partition coefficient (Wildman–Crippen LogP) is 1.06. The summed E-state index contributed by atoms with van der Waals surface area (Å²) in [6.07, 6.45) is 3.83. The van der Waals surface area contributed by atoms with Crippen LogP contribution in [0.3, 0.4) is 0 Å². The van der Waals surface area contributed by atoms with Crippen LogP contribution in [-0.4, -0.2) is 51.3 Å². The molecule has 2 rings (SSSR count). The Kier molecular flexibility index (Phi) is 4.55. The molecule has 2 N–H and O–H groups in total. The Balaban J connectivity index is 1.83. The SMILES string of the molecule is Cc1cnn([C@H](C)[C@H](C)NCCN2C(=O)NC(C)(C)C2=O)c1. The van der Waals surface area contributed by atoms with Crippen LogP contribution in [0.15, 0.2) is 12.4 Å². The first kappa shape index (κ1) is 16.5. The number of carbonyl (C=O) groups is 2. The normalized spacial score (nSPS) is 20.1. The van der Waals surface area contributed by atoms with Crippen molar-refractivity contribution in [2.45, 2.75) is 52.2 Å². The molecule has 0 saturated carbocycles. The van der Waals surface area contributed by atoms with Crippen LogP contribution in [0.5, 0.6) is 0 Å². The van der Waals surface area contributed by atoms with Gasteiger partial charge in [0.25, 0.3) is 5.91 Å². The summed E-state index contributed by atoms with van der Waals surface area (Å²) in [6.45, 7) is 10.5. The average Bonchev–Trinajstić information content (AvgIpc) is 2.94. The van der Waals surface area contributed by atoms with E-state index in [1.165, 1.54) is 4.90 Å². The molecule has 3 amide bonds. The first-order valence-corrected chi connectivity index (χ1v) is 7.60. The van der Waals surface area contributed by atoms with Gasteiger partial charge < -0.3 is 10.6 Å². The van der Waals surface area contributed by atoms with Gasteiger partial charge in [-0.25, -0.2) is 4.79 Å². The third kappa shape index (κ3) is 3.30. The highest BCUT2D eigenvalue weighted by Crippen LogP contribution is 2.16. The van der Waals surface area contributed by atoms with Gasteiger partial charge in [0.2, 0.25) is 0 Å². The number of aromatic nitrogens is 2. The molecule has 0 radical (unpaired) electrons. The highest BCUT2D eigenvalue weighted by molar-refractivity contribution is 6.06. The fraction of sp³-hybridized carbons (Fsp3) is 0.667. The van der Waals surface area contributed by atoms with E-state index in [2.05, 4.69) is 29.6 Å². The van der Waals surface area contributed by atoms with Crippen molar-refractivity contribution in [3.63, 3.8) is 0 Å². The van der Waals surface area contributed by atoms with Crippen LogP contribution in [0, 0.1) is 6.92 Å². The topological polar surface area (TPSA) is 79.3 Å². The number of amides is 3. The summed E-state index contributed by atoms with van der Waals surface area (Å²) in [6, 6.07) is 0.0431. The largest absolute Gasteiger partial charge is 0.325 e. The van der Waals surface area contributed by atoms with Gasteiger partial charge in [-0.3, -0.25) is 14.4 Å². The molecule has 0 aromatic carbocycles. The Morgan fingerprint density at radius 1 is 1.36 bits per heavy atom. The fourth-order valence-electron chi connectivity index (χ4n) is 2.48. The Labute approximate surface area is 131 Å². The Morgan fingerprint density at radius 3 is 2.55 bits per heavy atom. The molecule has 7 nitrogen and oxygen atoms in total. The Bertz CT molecular complexity index is 566. The van der Waals surface area contributed by atoms with Gasteiger partial charge in [0.05, 0.1) is 12.2 Å². The van der Waals surface area contributed by atoms with E-state index in [0.717, 1.165) is 5.56 Å². The smallest absolute Gasteiger partial charge is 0.324 e. The van der Waals surface area contributed by atoms with E-state index in [1.807, 2.05) is 24.0 Å². The van der Waals surface area contributed by atoms with Gasteiger partial charge in [-0.1, -0.05) is 0 Å². The highest BCUT2D eigenvalue weighted by Gasteiger charge is 2.43. The number of nitrogens with zero attached hydrogens (tertiary/aromatic N) is 3. The number of imide groups is 1. The molecule has 0 spiro atoms. The number of urea groups is 1. The zero-order valence-electron chi connectivity index (χ0n) is 13.9. The Morgan fingerprint density at radius 2 is 2.05 bits per heavy atom. The van der Waals surface area contributed by atoms with Crippen molar-refractivity contribution in [2.24, 2.45) is 0 Å². The minimum absolute atomic E-state index is 0.174. The zero-order chi connectivity index (χ0) is 16.5. The number of aryl methyl sites for hydroxylation is 1. The van der Waals surface area contributed by atoms with E-state index in [0.29, 0.717) is 13.1 Å². The third-order valence-corrected chi connectivity index (χ3v) is 4.12. The van der Waals surface area contributed by atoms with Crippen molar-refractivity contribution < 1.29 is 9.59 Å². The monoisotopic (exact) mass is 307 g/mol. The first-order valence-electron chi connectivity index (χ1n) is 7.60. The maximum atomic E-state index is 12.1. The summed E-state index contributed by atoms with van der Waals surface area (Å²) in [4.78, 5) is 25.1. The second-order valence-electron chi connectivity index (χ2n) is 6.49. The highest BCUT2D eigenvalue weighted by atomic mass is 16.2. The van der Waals surface area contributed by atoms with E-state index in [9.17, 15) is 9.59 Å². The number of rotatable bonds is 6. The lowest BCUT2D eigenvalue weighted by atomic mass is 10.1. The Hall–Kier alpha value is -1.89. The van der Waals surface area contributed by atoms with Gasteiger partial charge in [0, 0.05) is 25.3 Å². The van der Waals surface area contributed by atoms with Gasteiger partial charge in [-0.15, -0.1) is 0 Å². The summed E-state index contributed by atoms with van der Waals surface area (Å²) in [5, 5.41) is 10.3. The van der Waals surface area contributed by atoms with Gasteiger partial charge in [0.15, 0.2) is 0 Å². The fourth-order valence-corrected chi connectivity index (χ4v) is 2.48. The van der Waals surface area contributed by atoms with E-state index >= 15 is 0 Å². The quantitative estimate of drug-likeness (QED) is 0.770. The summed E-state index contributed by atoms with van der Waals surface area (Å²) in [5.41, 5.74) is 0.323. The molecule has 2 atom stereocenters. The lowest BCUT2D eigenvalue weighted by Crippen LogP contribution is -2.43. The van der Waals surface area contributed by atoms with Crippen LogP contribution in [0.25, 0.3) is 0 Å². The van der Waals surface area contributed by atoms with Crippen molar-refractivity contribution in [1.82, 2.24) is 25.3 Å². The number of hydrogen-bond donors (Lipinski definition) is 2. The van der Waals surface area contributed by atoms with E-state index in [1.54, 1.807) is 13.8 Å². The van der Waals surface area contributed by atoms with Crippen molar-refractivity contribution in [3.8, 4) is 0 Å². The number of carbonyl (C=O) groups excluding carboxylic acids is 2. The zero-order valence-corrected chi connectivity index (χ0v) is 13.9. The lowest BCUT2D eigenvalue weighted by Gasteiger charge is -2.23. The van der Waals surface area contributed by atoms with Crippen LogP contribution < -0.4 is 10.6 Å². The molecule has 0 bridgehead atoms. The molecule has 1 aliphatic rings. The second kappa shape index (κ2) is 6.08. The van der Waals surface area contributed by atoms with E-state index < -0.39 is 5.54 Å². The van der Waals surface area contributed by atoms with Crippen LogP contribution >= 0.6 is 0 Å². The van der Waals surface area contributed by atoms with Crippen LogP contribution in [-0.2, 0) is 4.79 Å². The van der Waals surface area contributed by atoms with E-state index in [4.69, 9.17) is 0 Å². The van der Waals surface area contributed by atoms with Crippen molar-refractivity contribution in [2.75, 3.05) is 13.1 Å². The molecular weight excluding hydrogens is 282 g/mol. The minimum Gasteiger partial charge on any atom is -0.324 e. The summed E-state index contributed by atoms with van der Waals surface area (Å²) >= 11 is 0. The van der Waals surface area contributed by atoms with Gasteiger partial charge in [-0.2, -0.15) is 5.10 Å². The van der Waals surface area contributed by atoms with Gasteiger partial charge in [0.1, 0.15) is 5.54 Å². The third-order valence-electron chi connectivity index (χ3n) is 4.12. The standard InChI is InChI=1S/C15H25N5O2/c1-10-8-17-20(9-10)12(3)11(2)16-6-7-19-13(21)15(4,5)18-14(19)22/h8-9,11-12,16H,6-7H2,1-5H3,(H,18,22)/t11-,12+/m0/s1. The maximum Gasteiger partial charge on any atom is 0.325 e. The predicted molar refractivity (Wildman–Crippen MR) is 83.5 cm³/mol. The molecule has 2 heterocycles. The van der Waals surface area contributed by atoms with Crippen molar-refractivity contribution >= 4 is 11.9 Å². The molecule has 22 heavy (non-hydrogen) atoms. The molecule has 1 aromatic heterocycles. The lowest BCUT2D eigenvalue weighted by molar-refractivity contribution is -0.130. The minimum atomic E-state index is -0.803. The molecule has 0 unspecified atom stereocenters. The summed E-state index contributed by atoms with van der Waals surface area (Å²) in [7, 11) is 0. The van der Waals surface area contributed by atoms with Crippen molar-refractivity contribution in [3.05, 3.63) is 18.0 Å². The summed E-state index contributed by atoms with van der Waals surface area (Å²) in [5.74, 6) is -0.178. The molecule has 122 valence electrons. The average molecular weight is 307 g/mol. The second-order valence-corrected chi connectivity index (χ2v) is 6.49. The number of nitrogens with one attached hydrogen (secondary N) is 2. The van der Waals surface area contributed by atoms with Gasteiger partial charge in [-0.05, 0) is 40.2 Å². The van der Waals surface area contributed by atoms with Gasteiger partial charge >= 0.3 is 6.03 Å². The molecule has 1 aliphatic heterocycles. The van der Waals surface area contributed by atoms with Crippen LogP contribution in [0.2, 0.25) is 0 Å². The molecule has 1 aromatic rings. The molecule has 1 saturated heterocycles. The number of hydrogen-bond acceptors (Lipinski definition) is 4. The molecule has 0 aliphatic carbocycles. The van der Waals surface area contributed by atoms with Crippen LogP contribution in [0.4, 0.5) is 4.79 Å². The van der Waals surface area contributed by atoms with E-state index in [-0.39, 0.29) is 24.0 Å². The maximum absolute atomic E-state index is 12.1. The summed E-state index contributed by atoms with van der Waals surface area (Å²) < 4.78 is 1.92. The van der Waals surface area contributed by atoms with Crippen LogP contribution in [0.1, 0.15) is 39.3 Å². The van der Waals surface area contributed by atoms with Crippen molar-refractivity contribution in [1.29, 1.82) is 0 Å². The first-order chi connectivity index (χ1) is 10.2.